The van der Waals surface area contributed by atoms with Crippen LogP contribution in [0, 0.1) is 0 Å². The summed E-state index contributed by atoms with van der Waals surface area (Å²) >= 11 is 1.65. The van der Waals surface area contributed by atoms with Crippen molar-refractivity contribution in [3.8, 4) is 0 Å². The van der Waals surface area contributed by atoms with Crippen molar-refractivity contribution in [2.45, 2.75) is 11.8 Å². The van der Waals surface area contributed by atoms with Crippen LogP contribution in [-0.4, -0.2) is 21.1 Å². The molecule has 6 heteroatoms. The minimum Gasteiger partial charge on any atom is -0.338 e. The van der Waals surface area contributed by atoms with Gasteiger partial charge in [-0.05, 0) is 23.8 Å². The number of benzene rings is 2. The smallest absolute Gasteiger partial charge is 0.160 e. The molecule has 1 atom stereocenters. The van der Waals surface area contributed by atoms with E-state index in [-0.39, 0.29) is 5.41 Å². The van der Waals surface area contributed by atoms with Gasteiger partial charge in [0.15, 0.2) is 5.82 Å². The first-order valence-electron chi connectivity index (χ1n) is 9.99. The van der Waals surface area contributed by atoms with Crippen molar-refractivity contribution in [2.75, 3.05) is 5.32 Å². The third kappa shape index (κ3) is 3.51. The average Bonchev–Trinajstić information content (AvgIpc) is 3.48. The molecule has 0 radical (unpaired) electrons. The van der Waals surface area contributed by atoms with Gasteiger partial charge in [-0.3, -0.25) is 9.78 Å². The van der Waals surface area contributed by atoms with E-state index in [0.717, 1.165) is 29.0 Å². The van der Waals surface area contributed by atoms with Gasteiger partial charge in [-0.1, -0.05) is 60.7 Å². The Hall–Kier alpha value is -3.77. The molecule has 2 aromatic heterocycles. The maximum Gasteiger partial charge on any atom is 0.160 e. The van der Waals surface area contributed by atoms with Crippen molar-refractivity contribution in [2.24, 2.45) is 0 Å². The Morgan fingerprint density at radius 2 is 1.84 bits per heavy atom. The van der Waals surface area contributed by atoms with E-state index in [4.69, 9.17) is 5.10 Å². The zero-order valence-corrected chi connectivity index (χ0v) is 17.5. The highest BCUT2D eigenvalue weighted by molar-refractivity contribution is 7.09. The summed E-state index contributed by atoms with van der Waals surface area (Å²) in [4.78, 5) is 16.5. The summed E-state index contributed by atoms with van der Waals surface area (Å²) < 4.78 is 1.80. The molecule has 0 saturated heterocycles. The number of carbonyl (C=O) groups is 1. The number of rotatable bonds is 6. The number of aldehydes is 1. The Morgan fingerprint density at radius 1 is 1.06 bits per heavy atom. The number of fused-ring (bicyclic) bond motifs is 1. The first-order valence-corrected chi connectivity index (χ1v) is 10.9. The fourth-order valence-electron chi connectivity index (χ4n) is 4.05. The van der Waals surface area contributed by atoms with Crippen LogP contribution in [0.3, 0.4) is 0 Å². The molecule has 0 amide bonds. The summed E-state index contributed by atoms with van der Waals surface area (Å²) in [6.45, 7) is 0. The fraction of sp³-hybridized carbons (Fsp3) is 0.0800. The summed E-state index contributed by atoms with van der Waals surface area (Å²) in [6, 6.07) is 20.4. The quantitative estimate of drug-likeness (QED) is 0.337. The fourth-order valence-corrected chi connectivity index (χ4v) is 4.88. The number of nitrogens with one attached hydrogen (secondary N) is 1. The van der Waals surface area contributed by atoms with Crippen molar-refractivity contribution >= 4 is 41.4 Å². The molecule has 0 bridgehead atoms. The molecule has 1 unspecified atom stereocenters. The molecular formula is C25H20N4OS. The minimum absolute atomic E-state index is 0.341. The molecule has 1 N–H and O–H groups in total. The number of hydrogen-bond acceptors (Lipinski definition) is 5. The lowest BCUT2D eigenvalue weighted by molar-refractivity contribution is -0.104. The monoisotopic (exact) mass is 424 g/mol. The average molecular weight is 425 g/mol. The second kappa shape index (κ2) is 8.16. The minimum atomic E-state index is -0.341. The van der Waals surface area contributed by atoms with Crippen LogP contribution in [0.2, 0.25) is 0 Å². The van der Waals surface area contributed by atoms with Gasteiger partial charge in [-0.2, -0.15) is 0 Å². The number of hydrogen-bond donors (Lipinski definition) is 1. The molecule has 0 spiro atoms. The van der Waals surface area contributed by atoms with Crippen LogP contribution in [0.25, 0.3) is 12.3 Å². The van der Waals surface area contributed by atoms with Crippen molar-refractivity contribution in [3.05, 3.63) is 106 Å². The van der Waals surface area contributed by atoms with Gasteiger partial charge in [-0.15, -0.1) is 16.4 Å². The van der Waals surface area contributed by atoms with E-state index in [9.17, 15) is 4.79 Å². The Morgan fingerprint density at radius 3 is 2.55 bits per heavy atom. The van der Waals surface area contributed by atoms with E-state index >= 15 is 0 Å². The number of aromatic nitrogens is 3. The van der Waals surface area contributed by atoms with Gasteiger partial charge in [-0.25, -0.2) is 4.68 Å². The zero-order chi connectivity index (χ0) is 21.1. The summed E-state index contributed by atoms with van der Waals surface area (Å²) in [7, 11) is 0. The Labute approximate surface area is 184 Å². The molecule has 1 aliphatic rings. The lowest BCUT2D eigenvalue weighted by Gasteiger charge is -2.33. The molecule has 4 aromatic rings. The highest BCUT2D eigenvalue weighted by Crippen LogP contribution is 2.44. The molecule has 152 valence electrons. The van der Waals surface area contributed by atoms with E-state index < -0.39 is 0 Å². The predicted octanol–water partition coefficient (Wildman–Crippen LogP) is 5.31. The van der Waals surface area contributed by atoms with Crippen molar-refractivity contribution < 1.29 is 4.79 Å². The first-order chi connectivity index (χ1) is 15.3. The molecule has 0 saturated carbocycles. The lowest BCUT2D eigenvalue weighted by Crippen LogP contribution is -2.30. The van der Waals surface area contributed by atoms with Crippen LogP contribution in [0.1, 0.15) is 21.7 Å². The molecule has 2 aromatic carbocycles. The summed E-state index contributed by atoms with van der Waals surface area (Å²) in [5.74, 6) is 0.763. The van der Waals surface area contributed by atoms with Gasteiger partial charge >= 0.3 is 0 Å². The van der Waals surface area contributed by atoms with Gasteiger partial charge in [0.25, 0.3) is 0 Å². The highest BCUT2D eigenvalue weighted by Gasteiger charge is 2.38. The van der Waals surface area contributed by atoms with E-state index in [1.54, 1.807) is 22.2 Å². The standard InChI is InChI=1S/C25H20N4OS/c30-15-7-14-29-22-16-25(23-17-26-18-31-23,19-8-3-1-4-9-19)13-12-21(22)24(28-29)27-20-10-5-2-6-11-20/h1-15,17-18H,16H2,(H,27,28). The maximum absolute atomic E-state index is 11.0. The summed E-state index contributed by atoms with van der Waals surface area (Å²) in [5.41, 5.74) is 5.75. The Kier molecular flexibility index (Phi) is 5.06. The van der Waals surface area contributed by atoms with Crippen LogP contribution in [-0.2, 0) is 16.6 Å². The second-order valence-corrected chi connectivity index (χ2v) is 8.22. The second-order valence-electron chi connectivity index (χ2n) is 7.34. The molecule has 0 aliphatic heterocycles. The molecule has 5 rings (SSSR count). The molecule has 5 nitrogen and oxygen atoms in total. The predicted molar refractivity (Wildman–Crippen MR) is 125 cm³/mol. The molecule has 0 fully saturated rings. The van der Waals surface area contributed by atoms with Crippen LogP contribution >= 0.6 is 11.3 Å². The first kappa shape index (κ1) is 19.2. The van der Waals surface area contributed by atoms with E-state index in [1.165, 1.54) is 16.5 Å². The van der Waals surface area contributed by atoms with Gasteiger partial charge in [0.2, 0.25) is 0 Å². The number of para-hydroxylation sites is 1. The topological polar surface area (TPSA) is 59.8 Å². The third-order valence-electron chi connectivity index (χ3n) is 5.53. The van der Waals surface area contributed by atoms with Gasteiger partial charge in [0.1, 0.15) is 6.29 Å². The van der Waals surface area contributed by atoms with E-state index in [0.29, 0.717) is 6.42 Å². The number of carbonyl (C=O) groups excluding carboxylic acids is 1. The zero-order valence-electron chi connectivity index (χ0n) is 16.7. The van der Waals surface area contributed by atoms with E-state index in [1.807, 2.05) is 48.1 Å². The molecule has 1 aliphatic carbocycles. The lowest BCUT2D eigenvalue weighted by atomic mass is 9.72. The Bertz CT molecular complexity index is 1240. The number of nitrogens with zero attached hydrogens (tertiary/aromatic N) is 3. The van der Waals surface area contributed by atoms with Crippen molar-refractivity contribution in [1.82, 2.24) is 14.8 Å². The molecule has 31 heavy (non-hydrogen) atoms. The number of anilines is 2. The van der Waals surface area contributed by atoms with Gasteiger partial charge in [0.05, 0.1) is 16.6 Å². The van der Waals surface area contributed by atoms with Gasteiger partial charge in [0, 0.05) is 34.9 Å². The highest BCUT2D eigenvalue weighted by atomic mass is 32.1. The van der Waals surface area contributed by atoms with Crippen molar-refractivity contribution in [1.29, 1.82) is 0 Å². The third-order valence-corrected chi connectivity index (χ3v) is 6.49. The van der Waals surface area contributed by atoms with Crippen LogP contribution in [0.4, 0.5) is 11.5 Å². The number of thiazole rings is 1. The van der Waals surface area contributed by atoms with Crippen LogP contribution in [0.5, 0.6) is 0 Å². The summed E-state index contributed by atoms with van der Waals surface area (Å²) in [5, 5.41) is 8.18. The summed E-state index contributed by atoms with van der Waals surface area (Å²) in [6.07, 6.45) is 11.0. The number of allylic oxidation sites excluding steroid dienone is 2. The Balaban J connectivity index is 1.65. The maximum atomic E-state index is 11.0. The van der Waals surface area contributed by atoms with Crippen LogP contribution in [0.15, 0.2) is 84.5 Å². The molecule has 2 heterocycles. The van der Waals surface area contributed by atoms with Crippen molar-refractivity contribution in [3.63, 3.8) is 0 Å². The van der Waals surface area contributed by atoms with Gasteiger partial charge < -0.3 is 5.32 Å². The van der Waals surface area contributed by atoms with E-state index in [2.05, 4.69) is 46.7 Å². The van der Waals surface area contributed by atoms with Crippen LogP contribution < -0.4 is 5.32 Å². The normalized spacial score (nSPS) is 17.5. The largest absolute Gasteiger partial charge is 0.338 e. The molecular weight excluding hydrogens is 404 g/mol. The SMILES string of the molecule is O=CC=Cn1nc(Nc2ccccc2)c2c1CC(c1ccccc1)(c1cncs1)C=C2.